The summed E-state index contributed by atoms with van der Waals surface area (Å²) < 4.78 is 18.5. The van der Waals surface area contributed by atoms with Crippen molar-refractivity contribution in [1.29, 1.82) is 0 Å². The second-order valence-corrected chi connectivity index (χ2v) is 5.24. The quantitative estimate of drug-likeness (QED) is 0.645. The van der Waals surface area contributed by atoms with Crippen LogP contribution in [0.15, 0.2) is 12.1 Å². The third-order valence-corrected chi connectivity index (χ3v) is 3.96. The van der Waals surface area contributed by atoms with Crippen molar-refractivity contribution in [3.63, 3.8) is 0 Å². The van der Waals surface area contributed by atoms with Gasteiger partial charge in [0.25, 0.3) is 5.69 Å². The van der Waals surface area contributed by atoms with Crippen molar-refractivity contribution in [2.75, 3.05) is 19.5 Å². The predicted molar refractivity (Wildman–Crippen MR) is 78.3 cm³/mol. The highest BCUT2D eigenvalue weighted by Gasteiger charge is 2.24. The maximum atomic E-state index is 13.6. The van der Waals surface area contributed by atoms with Crippen LogP contribution in [0.1, 0.15) is 25.7 Å². The monoisotopic (exact) mass is 297 g/mol. The standard InChI is InChI=1S/C14H20FN3O3/c1-16-9-3-5-10(6-4-9)17-12-8-14(21-2)11(15)7-13(12)18(19)20/h7-10,16-17H,3-6H2,1-2H3. The second-order valence-electron chi connectivity index (χ2n) is 5.24. The second kappa shape index (κ2) is 6.71. The fraction of sp³-hybridized carbons (Fsp3) is 0.571. The Bertz CT molecular complexity index is 516. The lowest BCUT2D eigenvalue weighted by Gasteiger charge is -2.29. The Hall–Kier alpha value is -1.89. The fourth-order valence-electron chi connectivity index (χ4n) is 2.71. The third kappa shape index (κ3) is 3.60. The third-order valence-electron chi connectivity index (χ3n) is 3.96. The first kappa shape index (κ1) is 15.5. The van der Waals surface area contributed by atoms with Gasteiger partial charge in [0.2, 0.25) is 0 Å². The van der Waals surface area contributed by atoms with E-state index in [-0.39, 0.29) is 17.5 Å². The number of ether oxygens (including phenoxy) is 1. The summed E-state index contributed by atoms with van der Waals surface area (Å²) >= 11 is 0. The van der Waals surface area contributed by atoms with Crippen LogP contribution in [0, 0.1) is 15.9 Å². The first-order valence-corrected chi connectivity index (χ1v) is 7.01. The van der Waals surface area contributed by atoms with Gasteiger partial charge in [0, 0.05) is 18.2 Å². The molecular formula is C14H20FN3O3. The first-order chi connectivity index (χ1) is 10.0. The Labute approximate surface area is 122 Å². The van der Waals surface area contributed by atoms with Gasteiger partial charge in [0.05, 0.1) is 18.1 Å². The molecule has 0 saturated heterocycles. The number of nitro benzene ring substituents is 1. The topological polar surface area (TPSA) is 76.4 Å². The minimum Gasteiger partial charge on any atom is -0.494 e. The van der Waals surface area contributed by atoms with Crippen LogP contribution < -0.4 is 15.4 Å². The average Bonchev–Trinajstić information content (AvgIpc) is 2.49. The molecule has 2 N–H and O–H groups in total. The van der Waals surface area contributed by atoms with Crippen LogP contribution >= 0.6 is 0 Å². The molecule has 0 amide bonds. The summed E-state index contributed by atoms with van der Waals surface area (Å²) in [6.45, 7) is 0. The number of nitrogens with zero attached hydrogens (tertiary/aromatic N) is 1. The van der Waals surface area contributed by atoms with Crippen molar-refractivity contribution >= 4 is 11.4 Å². The molecule has 0 spiro atoms. The first-order valence-electron chi connectivity index (χ1n) is 7.01. The molecule has 1 saturated carbocycles. The van der Waals surface area contributed by atoms with E-state index >= 15 is 0 Å². The molecule has 0 atom stereocenters. The van der Waals surface area contributed by atoms with E-state index in [1.54, 1.807) is 0 Å². The Morgan fingerprint density at radius 2 is 1.90 bits per heavy atom. The van der Waals surface area contributed by atoms with E-state index in [1.165, 1.54) is 13.2 Å². The molecule has 116 valence electrons. The molecule has 0 radical (unpaired) electrons. The number of halogens is 1. The summed E-state index contributed by atoms with van der Waals surface area (Å²) in [6.07, 6.45) is 3.87. The Morgan fingerprint density at radius 1 is 1.29 bits per heavy atom. The number of hydrogen-bond donors (Lipinski definition) is 2. The molecule has 0 heterocycles. The van der Waals surface area contributed by atoms with Crippen LogP contribution in [0.25, 0.3) is 0 Å². The van der Waals surface area contributed by atoms with Crippen LogP contribution in [-0.2, 0) is 0 Å². The summed E-state index contributed by atoms with van der Waals surface area (Å²) in [6, 6.07) is 2.92. The molecule has 0 bridgehead atoms. The molecule has 1 aromatic carbocycles. The van der Waals surface area contributed by atoms with Gasteiger partial charge in [-0.25, -0.2) is 4.39 Å². The van der Waals surface area contributed by atoms with Gasteiger partial charge in [0.15, 0.2) is 11.6 Å². The van der Waals surface area contributed by atoms with Crippen LogP contribution in [0.3, 0.4) is 0 Å². The Morgan fingerprint density at radius 3 is 2.43 bits per heavy atom. The largest absolute Gasteiger partial charge is 0.494 e. The molecule has 1 fully saturated rings. The van der Waals surface area contributed by atoms with Gasteiger partial charge < -0.3 is 15.4 Å². The SMILES string of the molecule is CNC1CCC(Nc2cc(OC)c(F)cc2[N+](=O)[O-])CC1. The zero-order valence-electron chi connectivity index (χ0n) is 12.2. The van der Waals surface area contributed by atoms with Gasteiger partial charge in [-0.2, -0.15) is 0 Å². The maximum absolute atomic E-state index is 13.6. The summed E-state index contributed by atoms with van der Waals surface area (Å²) in [4.78, 5) is 10.5. The van der Waals surface area contributed by atoms with Crippen molar-refractivity contribution in [2.45, 2.75) is 37.8 Å². The molecule has 6 nitrogen and oxygen atoms in total. The number of nitrogens with one attached hydrogen (secondary N) is 2. The minimum absolute atomic E-state index is 0.00649. The van der Waals surface area contributed by atoms with Gasteiger partial charge in [-0.15, -0.1) is 0 Å². The number of rotatable bonds is 5. The van der Waals surface area contributed by atoms with Gasteiger partial charge in [-0.05, 0) is 32.7 Å². The lowest BCUT2D eigenvalue weighted by atomic mass is 9.91. The molecule has 7 heteroatoms. The number of anilines is 1. The molecule has 0 aromatic heterocycles. The van der Waals surface area contributed by atoms with Crippen molar-refractivity contribution < 1.29 is 14.1 Å². The van der Waals surface area contributed by atoms with E-state index in [2.05, 4.69) is 10.6 Å². The van der Waals surface area contributed by atoms with Crippen molar-refractivity contribution in [3.8, 4) is 5.75 Å². The van der Waals surface area contributed by atoms with Gasteiger partial charge in [0.1, 0.15) is 5.69 Å². The smallest absolute Gasteiger partial charge is 0.295 e. The van der Waals surface area contributed by atoms with E-state index < -0.39 is 10.7 Å². The summed E-state index contributed by atoms with van der Waals surface area (Å²) in [5.41, 5.74) is 0.0511. The number of hydrogen-bond acceptors (Lipinski definition) is 5. The van der Waals surface area contributed by atoms with E-state index in [0.717, 1.165) is 31.7 Å². The van der Waals surface area contributed by atoms with Gasteiger partial charge in [-0.3, -0.25) is 10.1 Å². The number of methoxy groups -OCH3 is 1. The van der Waals surface area contributed by atoms with E-state index in [0.29, 0.717) is 11.7 Å². The highest BCUT2D eigenvalue weighted by atomic mass is 19.1. The molecule has 1 aromatic rings. The van der Waals surface area contributed by atoms with Crippen LogP contribution in [0.2, 0.25) is 0 Å². The molecule has 2 rings (SSSR count). The summed E-state index contributed by atoms with van der Waals surface area (Å²) in [7, 11) is 3.28. The summed E-state index contributed by atoms with van der Waals surface area (Å²) in [5.74, 6) is -0.722. The molecule has 0 unspecified atom stereocenters. The van der Waals surface area contributed by atoms with Gasteiger partial charge in [-0.1, -0.05) is 0 Å². The Kier molecular flexibility index (Phi) is 4.95. The predicted octanol–water partition coefficient (Wildman–Crippen LogP) is 2.69. The minimum atomic E-state index is -0.728. The Balaban J connectivity index is 2.16. The number of benzene rings is 1. The van der Waals surface area contributed by atoms with E-state index in [9.17, 15) is 14.5 Å². The average molecular weight is 297 g/mol. The molecule has 1 aliphatic carbocycles. The molecule has 1 aliphatic rings. The van der Waals surface area contributed by atoms with Crippen molar-refractivity contribution in [3.05, 3.63) is 28.1 Å². The number of nitro groups is 1. The van der Waals surface area contributed by atoms with Crippen molar-refractivity contribution in [2.24, 2.45) is 0 Å². The highest BCUT2D eigenvalue weighted by molar-refractivity contribution is 5.65. The van der Waals surface area contributed by atoms with Crippen LogP contribution in [0.5, 0.6) is 5.75 Å². The highest BCUT2D eigenvalue weighted by Crippen LogP contribution is 2.33. The lowest BCUT2D eigenvalue weighted by Crippen LogP contribution is -2.35. The van der Waals surface area contributed by atoms with Gasteiger partial charge >= 0.3 is 0 Å². The molecular weight excluding hydrogens is 277 g/mol. The van der Waals surface area contributed by atoms with Crippen molar-refractivity contribution in [1.82, 2.24) is 5.32 Å². The fourth-order valence-corrected chi connectivity index (χ4v) is 2.71. The van der Waals surface area contributed by atoms with E-state index in [4.69, 9.17) is 4.74 Å². The summed E-state index contributed by atoms with van der Waals surface area (Å²) in [5, 5.41) is 17.5. The maximum Gasteiger partial charge on any atom is 0.295 e. The van der Waals surface area contributed by atoms with E-state index in [1.807, 2.05) is 7.05 Å². The lowest BCUT2D eigenvalue weighted by molar-refractivity contribution is -0.384. The molecule has 0 aliphatic heterocycles. The zero-order chi connectivity index (χ0) is 15.4. The zero-order valence-corrected chi connectivity index (χ0v) is 12.2. The van der Waals surface area contributed by atoms with Crippen LogP contribution in [0.4, 0.5) is 15.8 Å². The normalized spacial score (nSPS) is 21.9. The van der Waals surface area contributed by atoms with Crippen LogP contribution in [-0.4, -0.2) is 31.2 Å². The molecule has 21 heavy (non-hydrogen) atoms.